The molecule has 19 heavy (non-hydrogen) atoms. The Labute approximate surface area is 113 Å². The molecule has 0 bridgehead atoms. The van der Waals surface area contributed by atoms with Gasteiger partial charge in [-0.05, 0) is 24.0 Å². The van der Waals surface area contributed by atoms with Crippen molar-refractivity contribution in [2.24, 2.45) is 0 Å². The van der Waals surface area contributed by atoms with Gasteiger partial charge in [0.05, 0.1) is 24.7 Å². The minimum absolute atomic E-state index is 0.118. The van der Waals surface area contributed by atoms with E-state index in [-0.39, 0.29) is 11.9 Å². The first kappa shape index (κ1) is 12.6. The van der Waals surface area contributed by atoms with Gasteiger partial charge in [0.2, 0.25) is 5.91 Å². The lowest BCUT2D eigenvalue weighted by atomic mass is 9.89. The summed E-state index contributed by atoms with van der Waals surface area (Å²) < 4.78 is 0. The molecule has 102 valence electrons. The number of hydrogen-bond acceptors (Lipinski definition) is 3. The lowest BCUT2D eigenvalue weighted by Crippen LogP contribution is -2.66. The van der Waals surface area contributed by atoms with E-state index in [4.69, 9.17) is 0 Å². The predicted molar refractivity (Wildman–Crippen MR) is 72.6 cm³/mol. The van der Waals surface area contributed by atoms with Crippen LogP contribution >= 0.6 is 0 Å². The molecule has 2 aliphatic rings. The summed E-state index contributed by atoms with van der Waals surface area (Å²) in [6, 6.07) is 8.10. The van der Waals surface area contributed by atoms with Crippen molar-refractivity contribution >= 4 is 5.91 Å². The third-order valence-corrected chi connectivity index (χ3v) is 4.32. The second-order valence-electron chi connectivity index (χ2n) is 5.68. The van der Waals surface area contributed by atoms with Gasteiger partial charge in [-0.25, -0.2) is 0 Å². The molecule has 1 atom stereocenters. The van der Waals surface area contributed by atoms with Gasteiger partial charge in [0.15, 0.2) is 0 Å². The van der Waals surface area contributed by atoms with Crippen LogP contribution in [0.25, 0.3) is 0 Å². The third kappa shape index (κ3) is 2.26. The highest BCUT2D eigenvalue weighted by atomic mass is 16.3. The van der Waals surface area contributed by atoms with E-state index in [9.17, 15) is 9.90 Å². The van der Waals surface area contributed by atoms with Gasteiger partial charge in [-0.15, -0.1) is 0 Å². The molecule has 0 saturated carbocycles. The molecule has 2 N–H and O–H groups in total. The van der Waals surface area contributed by atoms with Gasteiger partial charge >= 0.3 is 0 Å². The molecule has 0 spiro atoms. The molecule has 3 rings (SSSR count). The summed E-state index contributed by atoms with van der Waals surface area (Å²) in [4.78, 5) is 14.1. The van der Waals surface area contributed by atoms with Gasteiger partial charge in [-0.3, -0.25) is 4.79 Å². The van der Waals surface area contributed by atoms with E-state index in [2.05, 4.69) is 17.4 Å². The fourth-order valence-corrected chi connectivity index (χ4v) is 2.89. The van der Waals surface area contributed by atoms with Crippen LogP contribution in [0.2, 0.25) is 0 Å². The van der Waals surface area contributed by atoms with Crippen LogP contribution in [0.5, 0.6) is 0 Å². The van der Waals surface area contributed by atoms with Crippen molar-refractivity contribution in [3.05, 3.63) is 35.4 Å². The summed E-state index contributed by atoms with van der Waals surface area (Å²) in [5, 5.41) is 13.3. The molecular weight excluding hydrogens is 240 g/mol. The minimum Gasteiger partial charge on any atom is -0.386 e. The molecule has 0 aromatic heterocycles. The summed E-state index contributed by atoms with van der Waals surface area (Å²) in [6.45, 7) is 3.65. The Morgan fingerprint density at radius 2 is 2.11 bits per heavy atom. The lowest BCUT2D eigenvalue weighted by molar-refractivity contribution is -0.158. The van der Waals surface area contributed by atoms with Crippen molar-refractivity contribution in [2.45, 2.75) is 38.0 Å². The van der Waals surface area contributed by atoms with Gasteiger partial charge in [-0.1, -0.05) is 31.2 Å². The predicted octanol–water partition coefficient (Wildman–Crippen LogP) is 0.684. The number of hydrogen-bond donors (Lipinski definition) is 2. The standard InChI is InChI=1S/C15H20N2O2/c1-2-15(19)9-17(10-15)14(18)13-7-11-5-3-4-6-12(11)8-16-13/h3-6,13,16,19H,2,7-10H2,1H3/t13-/m0/s1. The number of fused-ring (bicyclic) bond motifs is 1. The van der Waals surface area contributed by atoms with E-state index in [1.54, 1.807) is 4.90 Å². The number of β-amino-alcohol motifs (C(OH)–C–C–N with tert-alkyl or cyclic N) is 1. The molecule has 1 saturated heterocycles. The molecule has 4 nitrogen and oxygen atoms in total. The van der Waals surface area contributed by atoms with Crippen LogP contribution in [0.15, 0.2) is 24.3 Å². The van der Waals surface area contributed by atoms with Gasteiger partial charge in [0.1, 0.15) is 0 Å². The molecule has 0 radical (unpaired) electrons. The smallest absolute Gasteiger partial charge is 0.240 e. The number of benzene rings is 1. The van der Waals surface area contributed by atoms with Crippen LogP contribution < -0.4 is 5.32 Å². The van der Waals surface area contributed by atoms with E-state index in [0.717, 1.165) is 13.0 Å². The highest BCUT2D eigenvalue weighted by Gasteiger charge is 2.44. The van der Waals surface area contributed by atoms with Crippen molar-refractivity contribution in [3.8, 4) is 0 Å². The molecule has 1 amide bonds. The van der Waals surface area contributed by atoms with Crippen LogP contribution in [-0.4, -0.2) is 40.6 Å². The fraction of sp³-hybridized carbons (Fsp3) is 0.533. The van der Waals surface area contributed by atoms with E-state index in [0.29, 0.717) is 19.5 Å². The fourth-order valence-electron chi connectivity index (χ4n) is 2.89. The number of aliphatic hydroxyl groups is 1. The van der Waals surface area contributed by atoms with Crippen molar-refractivity contribution in [1.29, 1.82) is 0 Å². The Bertz CT molecular complexity index is 495. The maximum Gasteiger partial charge on any atom is 0.240 e. The van der Waals surface area contributed by atoms with Crippen LogP contribution in [0.3, 0.4) is 0 Å². The Morgan fingerprint density at radius 1 is 1.42 bits per heavy atom. The molecular formula is C15H20N2O2. The molecule has 2 aliphatic heterocycles. The molecule has 0 unspecified atom stereocenters. The number of amides is 1. The highest BCUT2D eigenvalue weighted by Crippen LogP contribution is 2.26. The maximum atomic E-state index is 12.3. The largest absolute Gasteiger partial charge is 0.386 e. The topological polar surface area (TPSA) is 52.6 Å². The Morgan fingerprint density at radius 3 is 2.79 bits per heavy atom. The van der Waals surface area contributed by atoms with E-state index in [1.165, 1.54) is 11.1 Å². The van der Waals surface area contributed by atoms with Crippen LogP contribution in [0.1, 0.15) is 24.5 Å². The van der Waals surface area contributed by atoms with Gasteiger partial charge in [-0.2, -0.15) is 0 Å². The summed E-state index contributed by atoms with van der Waals surface area (Å²) in [5.41, 5.74) is 1.88. The normalized spacial score (nSPS) is 24.5. The number of nitrogens with zero attached hydrogens (tertiary/aromatic N) is 1. The Hall–Kier alpha value is -1.39. The summed E-state index contributed by atoms with van der Waals surface area (Å²) in [5.74, 6) is 0.118. The quantitative estimate of drug-likeness (QED) is 0.822. The number of rotatable bonds is 2. The first-order valence-corrected chi connectivity index (χ1v) is 6.93. The molecule has 4 heteroatoms. The molecule has 0 aliphatic carbocycles. The van der Waals surface area contributed by atoms with Crippen molar-refractivity contribution in [2.75, 3.05) is 13.1 Å². The zero-order chi connectivity index (χ0) is 13.5. The van der Waals surface area contributed by atoms with Gasteiger partial charge in [0.25, 0.3) is 0 Å². The minimum atomic E-state index is -0.651. The summed E-state index contributed by atoms with van der Waals surface area (Å²) in [7, 11) is 0. The monoisotopic (exact) mass is 260 g/mol. The summed E-state index contributed by atoms with van der Waals surface area (Å²) >= 11 is 0. The second-order valence-corrected chi connectivity index (χ2v) is 5.68. The average molecular weight is 260 g/mol. The SMILES string of the molecule is CCC1(O)CN(C(=O)[C@@H]2Cc3ccccc3CN2)C1. The van der Waals surface area contributed by atoms with Crippen molar-refractivity contribution < 1.29 is 9.90 Å². The first-order chi connectivity index (χ1) is 9.11. The van der Waals surface area contributed by atoms with Crippen LogP contribution in [0, 0.1) is 0 Å². The number of likely N-dealkylation sites (tertiary alicyclic amines) is 1. The zero-order valence-corrected chi connectivity index (χ0v) is 11.2. The van der Waals surface area contributed by atoms with E-state index in [1.807, 2.05) is 19.1 Å². The molecule has 2 heterocycles. The van der Waals surface area contributed by atoms with Gasteiger partial charge < -0.3 is 15.3 Å². The Balaban J connectivity index is 1.64. The third-order valence-electron chi connectivity index (χ3n) is 4.32. The maximum absolute atomic E-state index is 12.3. The number of carbonyl (C=O) groups excluding carboxylic acids is 1. The van der Waals surface area contributed by atoms with Crippen molar-refractivity contribution in [1.82, 2.24) is 10.2 Å². The number of carbonyl (C=O) groups is 1. The van der Waals surface area contributed by atoms with Gasteiger partial charge in [0, 0.05) is 6.54 Å². The van der Waals surface area contributed by atoms with E-state index < -0.39 is 5.60 Å². The number of nitrogens with one attached hydrogen (secondary N) is 1. The average Bonchev–Trinajstić information content (AvgIpc) is 2.42. The second kappa shape index (κ2) is 4.62. The molecule has 1 aromatic rings. The molecule has 1 aromatic carbocycles. The van der Waals surface area contributed by atoms with E-state index >= 15 is 0 Å². The van der Waals surface area contributed by atoms with Crippen LogP contribution in [0.4, 0.5) is 0 Å². The first-order valence-electron chi connectivity index (χ1n) is 6.93. The zero-order valence-electron chi connectivity index (χ0n) is 11.2. The summed E-state index contributed by atoms with van der Waals surface area (Å²) in [6.07, 6.45) is 1.45. The highest BCUT2D eigenvalue weighted by molar-refractivity contribution is 5.83. The lowest BCUT2D eigenvalue weighted by Gasteiger charge is -2.47. The Kier molecular flexibility index (Phi) is 3.07. The van der Waals surface area contributed by atoms with Crippen LogP contribution in [-0.2, 0) is 17.8 Å². The molecule has 1 fully saturated rings. The van der Waals surface area contributed by atoms with Crippen molar-refractivity contribution in [3.63, 3.8) is 0 Å².